The largest absolute Gasteiger partial charge is 0.489 e. The zero-order valence-electron chi connectivity index (χ0n) is 8.32. The van der Waals surface area contributed by atoms with Crippen molar-refractivity contribution in [3.63, 3.8) is 0 Å². The molecular formula is C10H10BrFO3S. The molecule has 1 aromatic carbocycles. The van der Waals surface area contributed by atoms with Crippen molar-refractivity contribution in [2.75, 3.05) is 11.5 Å². The minimum Gasteiger partial charge on any atom is -0.489 e. The van der Waals surface area contributed by atoms with Crippen LogP contribution in [0.1, 0.15) is 6.42 Å². The molecule has 3 nitrogen and oxygen atoms in total. The summed E-state index contributed by atoms with van der Waals surface area (Å²) in [6, 6.07) is 4.39. The molecule has 0 N–H and O–H groups in total. The Balaban J connectivity index is 2.08. The van der Waals surface area contributed by atoms with Gasteiger partial charge in [0.05, 0.1) is 16.0 Å². The van der Waals surface area contributed by atoms with Crippen LogP contribution in [-0.4, -0.2) is 26.0 Å². The minimum absolute atomic E-state index is 0.0185. The van der Waals surface area contributed by atoms with Crippen molar-refractivity contribution < 1.29 is 17.5 Å². The molecule has 0 spiro atoms. The van der Waals surface area contributed by atoms with Crippen LogP contribution in [0.3, 0.4) is 0 Å². The van der Waals surface area contributed by atoms with Gasteiger partial charge in [0.1, 0.15) is 17.7 Å². The fourth-order valence-electron chi connectivity index (χ4n) is 1.60. The summed E-state index contributed by atoms with van der Waals surface area (Å²) in [6.07, 6.45) is 0.116. The molecule has 2 rings (SSSR count). The molecule has 0 bridgehead atoms. The van der Waals surface area contributed by atoms with Crippen LogP contribution in [0.15, 0.2) is 22.7 Å². The lowest BCUT2D eigenvalue weighted by molar-refractivity contribution is 0.228. The van der Waals surface area contributed by atoms with E-state index in [2.05, 4.69) is 15.9 Å². The van der Waals surface area contributed by atoms with Crippen molar-refractivity contribution in [2.24, 2.45) is 0 Å². The summed E-state index contributed by atoms with van der Waals surface area (Å²) in [4.78, 5) is 0. The highest BCUT2D eigenvalue weighted by Crippen LogP contribution is 2.24. The molecule has 1 aliphatic heterocycles. The first-order valence-electron chi connectivity index (χ1n) is 4.78. The van der Waals surface area contributed by atoms with E-state index < -0.39 is 15.7 Å². The molecule has 1 aromatic rings. The van der Waals surface area contributed by atoms with Gasteiger partial charge in [-0.15, -0.1) is 0 Å². The Morgan fingerprint density at radius 1 is 1.44 bits per heavy atom. The average molecular weight is 309 g/mol. The Labute approximate surface area is 102 Å². The fraction of sp³-hybridized carbons (Fsp3) is 0.400. The third kappa shape index (κ3) is 2.74. The second-order valence-electron chi connectivity index (χ2n) is 3.72. The molecule has 6 heteroatoms. The summed E-state index contributed by atoms with van der Waals surface area (Å²) >= 11 is 3.03. The van der Waals surface area contributed by atoms with E-state index in [0.29, 0.717) is 16.6 Å². The van der Waals surface area contributed by atoms with Crippen molar-refractivity contribution in [3.05, 3.63) is 28.5 Å². The van der Waals surface area contributed by atoms with Gasteiger partial charge in [-0.3, -0.25) is 0 Å². The molecule has 1 heterocycles. The summed E-state index contributed by atoms with van der Waals surface area (Å²) < 4.78 is 41.3. The molecule has 0 amide bonds. The standard InChI is InChI=1S/C10H10BrFO3S/c11-9-2-1-7(5-10(9)12)15-8-3-4-16(13,14)6-8/h1-2,5,8H,3-4,6H2. The molecule has 88 valence electrons. The zero-order chi connectivity index (χ0) is 11.8. The molecule has 1 fully saturated rings. The quantitative estimate of drug-likeness (QED) is 0.841. The van der Waals surface area contributed by atoms with Crippen LogP contribution >= 0.6 is 15.9 Å². The van der Waals surface area contributed by atoms with Gasteiger partial charge in [-0.1, -0.05) is 0 Å². The van der Waals surface area contributed by atoms with Gasteiger partial charge in [-0.2, -0.15) is 0 Å². The van der Waals surface area contributed by atoms with E-state index in [1.165, 1.54) is 12.1 Å². The van der Waals surface area contributed by atoms with Gasteiger partial charge >= 0.3 is 0 Å². The second kappa shape index (κ2) is 4.33. The maximum absolute atomic E-state index is 13.2. The van der Waals surface area contributed by atoms with E-state index in [-0.39, 0.29) is 17.6 Å². The highest BCUT2D eigenvalue weighted by Gasteiger charge is 2.29. The maximum Gasteiger partial charge on any atom is 0.154 e. The predicted octanol–water partition coefficient (Wildman–Crippen LogP) is 2.15. The lowest BCUT2D eigenvalue weighted by atomic mass is 10.3. The second-order valence-corrected chi connectivity index (χ2v) is 6.80. The van der Waals surface area contributed by atoms with Gasteiger partial charge in [-0.05, 0) is 34.5 Å². The number of ether oxygens (including phenoxy) is 1. The van der Waals surface area contributed by atoms with Crippen LogP contribution < -0.4 is 4.74 Å². The van der Waals surface area contributed by atoms with Crippen molar-refractivity contribution in [2.45, 2.75) is 12.5 Å². The summed E-state index contributed by atoms with van der Waals surface area (Å²) in [7, 11) is -2.96. The Morgan fingerprint density at radius 3 is 2.75 bits per heavy atom. The van der Waals surface area contributed by atoms with Crippen molar-refractivity contribution in [3.8, 4) is 5.75 Å². The number of benzene rings is 1. The van der Waals surface area contributed by atoms with Gasteiger partial charge in [0, 0.05) is 6.07 Å². The Bertz CT molecular complexity index is 501. The van der Waals surface area contributed by atoms with E-state index in [4.69, 9.17) is 4.74 Å². The van der Waals surface area contributed by atoms with E-state index >= 15 is 0 Å². The number of hydrogen-bond acceptors (Lipinski definition) is 3. The van der Waals surface area contributed by atoms with Crippen LogP contribution in [0.5, 0.6) is 5.75 Å². The highest BCUT2D eigenvalue weighted by atomic mass is 79.9. The van der Waals surface area contributed by atoms with Crippen LogP contribution in [-0.2, 0) is 9.84 Å². The lowest BCUT2D eigenvalue weighted by Gasteiger charge is -2.11. The summed E-state index contributed by atoms with van der Waals surface area (Å²) in [5, 5.41) is 0. The molecular weight excluding hydrogens is 299 g/mol. The SMILES string of the molecule is O=S1(=O)CCC(Oc2ccc(Br)c(F)c2)C1. The van der Waals surface area contributed by atoms with E-state index in [1.807, 2.05) is 0 Å². The topological polar surface area (TPSA) is 43.4 Å². The van der Waals surface area contributed by atoms with Crippen molar-refractivity contribution >= 4 is 25.8 Å². The van der Waals surface area contributed by atoms with E-state index in [1.54, 1.807) is 6.07 Å². The van der Waals surface area contributed by atoms with E-state index in [0.717, 1.165) is 0 Å². The number of rotatable bonds is 2. The monoisotopic (exact) mass is 308 g/mol. The molecule has 1 atom stereocenters. The van der Waals surface area contributed by atoms with Crippen LogP contribution in [0, 0.1) is 5.82 Å². The summed E-state index contributed by atoms with van der Waals surface area (Å²) in [5.74, 6) is 0.114. The Morgan fingerprint density at radius 2 is 2.19 bits per heavy atom. The number of halogens is 2. The average Bonchev–Trinajstić information content (AvgIpc) is 2.52. The normalized spacial score (nSPS) is 23.2. The number of sulfone groups is 1. The van der Waals surface area contributed by atoms with Gasteiger partial charge in [-0.25, -0.2) is 12.8 Å². The Hall–Kier alpha value is -0.620. The van der Waals surface area contributed by atoms with Crippen LogP contribution in [0.25, 0.3) is 0 Å². The maximum atomic E-state index is 13.2. The van der Waals surface area contributed by atoms with E-state index in [9.17, 15) is 12.8 Å². The smallest absolute Gasteiger partial charge is 0.154 e. The van der Waals surface area contributed by atoms with Crippen LogP contribution in [0.4, 0.5) is 4.39 Å². The van der Waals surface area contributed by atoms with Gasteiger partial charge in [0.25, 0.3) is 0 Å². The molecule has 0 saturated carbocycles. The zero-order valence-corrected chi connectivity index (χ0v) is 10.7. The molecule has 0 aromatic heterocycles. The van der Waals surface area contributed by atoms with Crippen molar-refractivity contribution in [1.29, 1.82) is 0 Å². The lowest BCUT2D eigenvalue weighted by Crippen LogP contribution is -2.17. The highest BCUT2D eigenvalue weighted by molar-refractivity contribution is 9.10. The first-order chi connectivity index (χ1) is 7.46. The molecule has 1 unspecified atom stereocenters. The van der Waals surface area contributed by atoms with Crippen molar-refractivity contribution in [1.82, 2.24) is 0 Å². The molecule has 0 radical (unpaired) electrons. The van der Waals surface area contributed by atoms with Gasteiger partial charge in [0.2, 0.25) is 0 Å². The third-order valence-electron chi connectivity index (χ3n) is 2.38. The number of hydrogen-bond donors (Lipinski definition) is 0. The van der Waals surface area contributed by atoms with Gasteiger partial charge < -0.3 is 4.74 Å². The van der Waals surface area contributed by atoms with Crippen LogP contribution in [0.2, 0.25) is 0 Å². The molecule has 1 saturated heterocycles. The molecule has 16 heavy (non-hydrogen) atoms. The fourth-order valence-corrected chi connectivity index (χ4v) is 3.43. The summed E-state index contributed by atoms with van der Waals surface area (Å²) in [5.41, 5.74) is 0. The first kappa shape index (κ1) is 11.9. The predicted molar refractivity (Wildman–Crippen MR) is 61.8 cm³/mol. The third-order valence-corrected chi connectivity index (χ3v) is 4.76. The molecule has 1 aliphatic rings. The minimum atomic E-state index is -2.96. The first-order valence-corrected chi connectivity index (χ1v) is 7.40. The van der Waals surface area contributed by atoms with Gasteiger partial charge in [0.15, 0.2) is 9.84 Å². The molecule has 0 aliphatic carbocycles. The Kier molecular flexibility index (Phi) is 3.21. The summed E-state index contributed by atoms with van der Waals surface area (Å²) in [6.45, 7) is 0.